The summed E-state index contributed by atoms with van der Waals surface area (Å²) >= 11 is 5.29. The van der Waals surface area contributed by atoms with Crippen molar-refractivity contribution in [3.8, 4) is 0 Å². The van der Waals surface area contributed by atoms with E-state index in [2.05, 4.69) is 15.2 Å². The van der Waals surface area contributed by atoms with Crippen molar-refractivity contribution in [1.29, 1.82) is 0 Å². The lowest BCUT2D eigenvalue weighted by molar-refractivity contribution is 0.601. The fraction of sp³-hybridized carbons (Fsp3) is 0.0476. The molecular formula is C21H19N3O2S2. The van der Waals surface area contributed by atoms with Crippen LogP contribution < -0.4 is 10.1 Å². The SMILES string of the molecule is Cc1ccc(S(=O)(=O)Nc2ccccc2C=NNC(=S)c2ccccc2)cc1. The van der Waals surface area contributed by atoms with Gasteiger partial charge in [0.15, 0.2) is 0 Å². The Morgan fingerprint density at radius 2 is 1.57 bits per heavy atom. The van der Waals surface area contributed by atoms with Gasteiger partial charge < -0.3 is 0 Å². The summed E-state index contributed by atoms with van der Waals surface area (Å²) in [5, 5.41) is 4.14. The molecule has 0 radical (unpaired) electrons. The van der Waals surface area contributed by atoms with Crippen LogP contribution in [-0.2, 0) is 10.0 Å². The highest BCUT2D eigenvalue weighted by Crippen LogP contribution is 2.19. The zero-order chi connectivity index (χ0) is 20.0. The quantitative estimate of drug-likeness (QED) is 0.365. The molecule has 28 heavy (non-hydrogen) atoms. The maximum absolute atomic E-state index is 12.6. The predicted molar refractivity (Wildman–Crippen MR) is 117 cm³/mol. The Morgan fingerprint density at radius 1 is 0.929 bits per heavy atom. The van der Waals surface area contributed by atoms with Gasteiger partial charge in [-0.3, -0.25) is 10.1 Å². The van der Waals surface area contributed by atoms with E-state index in [1.54, 1.807) is 48.5 Å². The molecule has 142 valence electrons. The molecule has 0 spiro atoms. The van der Waals surface area contributed by atoms with E-state index in [0.717, 1.165) is 11.1 Å². The molecule has 2 N–H and O–H groups in total. The van der Waals surface area contributed by atoms with Crippen molar-refractivity contribution in [3.05, 3.63) is 95.6 Å². The van der Waals surface area contributed by atoms with Crippen molar-refractivity contribution in [3.63, 3.8) is 0 Å². The molecule has 0 fully saturated rings. The topological polar surface area (TPSA) is 70.6 Å². The van der Waals surface area contributed by atoms with Crippen LogP contribution in [0.2, 0.25) is 0 Å². The molecule has 0 saturated carbocycles. The molecule has 0 saturated heterocycles. The lowest BCUT2D eigenvalue weighted by Gasteiger charge is -2.11. The van der Waals surface area contributed by atoms with Crippen LogP contribution in [0.3, 0.4) is 0 Å². The van der Waals surface area contributed by atoms with Crippen molar-refractivity contribution in [1.82, 2.24) is 5.43 Å². The van der Waals surface area contributed by atoms with E-state index >= 15 is 0 Å². The van der Waals surface area contributed by atoms with Gasteiger partial charge in [0, 0.05) is 11.1 Å². The molecule has 0 aromatic heterocycles. The Bertz CT molecular complexity index is 1090. The van der Waals surface area contributed by atoms with E-state index in [1.165, 1.54) is 6.21 Å². The number of para-hydroxylation sites is 1. The molecule has 0 unspecified atom stereocenters. The summed E-state index contributed by atoms with van der Waals surface area (Å²) in [6.07, 6.45) is 1.53. The second-order valence-electron chi connectivity index (χ2n) is 6.07. The van der Waals surface area contributed by atoms with Gasteiger partial charge in [-0.25, -0.2) is 8.42 Å². The van der Waals surface area contributed by atoms with Crippen molar-refractivity contribution in [2.24, 2.45) is 5.10 Å². The van der Waals surface area contributed by atoms with Gasteiger partial charge in [-0.15, -0.1) is 0 Å². The largest absolute Gasteiger partial charge is 0.279 e. The van der Waals surface area contributed by atoms with E-state index in [9.17, 15) is 8.42 Å². The highest BCUT2D eigenvalue weighted by Gasteiger charge is 2.15. The summed E-state index contributed by atoms with van der Waals surface area (Å²) in [7, 11) is -3.69. The summed E-state index contributed by atoms with van der Waals surface area (Å²) in [5.41, 5.74) is 5.68. The second kappa shape index (κ2) is 8.77. The molecule has 5 nitrogen and oxygen atoms in total. The number of rotatable bonds is 6. The van der Waals surface area contributed by atoms with Crippen molar-refractivity contribution in [2.75, 3.05) is 4.72 Å². The first kappa shape index (κ1) is 19.7. The van der Waals surface area contributed by atoms with E-state index in [0.29, 0.717) is 16.2 Å². The minimum absolute atomic E-state index is 0.202. The summed E-state index contributed by atoms with van der Waals surface area (Å²) in [4.78, 5) is 0.683. The lowest BCUT2D eigenvalue weighted by Crippen LogP contribution is -2.17. The third-order valence-electron chi connectivity index (χ3n) is 3.94. The number of benzene rings is 3. The smallest absolute Gasteiger partial charge is 0.261 e. The Hall–Kier alpha value is -3.03. The third kappa shape index (κ3) is 5.03. The molecule has 3 aromatic carbocycles. The molecule has 7 heteroatoms. The van der Waals surface area contributed by atoms with E-state index in [4.69, 9.17) is 12.2 Å². The first-order valence-electron chi connectivity index (χ1n) is 8.53. The average molecular weight is 410 g/mol. The summed E-state index contributed by atoms with van der Waals surface area (Å²) < 4.78 is 27.9. The maximum Gasteiger partial charge on any atom is 0.261 e. The predicted octanol–water partition coefficient (Wildman–Crippen LogP) is 4.10. The fourth-order valence-electron chi connectivity index (χ4n) is 2.44. The molecular weight excluding hydrogens is 390 g/mol. The van der Waals surface area contributed by atoms with E-state index in [-0.39, 0.29) is 4.90 Å². The number of aryl methyl sites for hydroxylation is 1. The minimum Gasteiger partial charge on any atom is -0.279 e. The average Bonchev–Trinajstić information content (AvgIpc) is 2.70. The lowest BCUT2D eigenvalue weighted by atomic mass is 10.2. The van der Waals surface area contributed by atoms with Gasteiger partial charge in [0.2, 0.25) is 0 Å². The number of hydrazone groups is 1. The molecule has 0 aliphatic carbocycles. The zero-order valence-corrected chi connectivity index (χ0v) is 16.8. The standard InChI is InChI=1S/C21H19N3O2S2/c1-16-11-13-19(14-12-16)28(25,26)24-20-10-6-5-9-18(20)15-22-23-21(27)17-7-3-2-4-8-17/h2-15,24H,1H3,(H,23,27). The summed E-state index contributed by atoms with van der Waals surface area (Å²) in [5.74, 6) is 0. The molecule has 3 aromatic rings. The number of nitrogens with one attached hydrogen (secondary N) is 2. The van der Waals surface area contributed by atoms with Gasteiger partial charge in [0.05, 0.1) is 16.8 Å². The molecule has 0 aliphatic rings. The molecule has 0 aliphatic heterocycles. The number of hydrogen-bond acceptors (Lipinski definition) is 4. The molecule has 0 atom stereocenters. The van der Waals surface area contributed by atoms with Crippen LogP contribution in [0.1, 0.15) is 16.7 Å². The molecule has 3 rings (SSSR count). The van der Waals surface area contributed by atoms with Crippen molar-refractivity contribution < 1.29 is 8.42 Å². The van der Waals surface area contributed by atoms with Crippen LogP contribution in [-0.4, -0.2) is 19.6 Å². The maximum atomic E-state index is 12.6. The van der Waals surface area contributed by atoms with Crippen LogP contribution in [0, 0.1) is 6.92 Å². The van der Waals surface area contributed by atoms with Crippen molar-refractivity contribution in [2.45, 2.75) is 11.8 Å². The zero-order valence-electron chi connectivity index (χ0n) is 15.2. The Balaban J connectivity index is 1.76. The van der Waals surface area contributed by atoms with Gasteiger partial charge >= 0.3 is 0 Å². The summed E-state index contributed by atoms with van der Waals surface area (Å²) in [6.45, 7) is 1.91. The summed E-state index contributed by atoms with van der Waals surface area (Å²) in [6, 6.07) is 23.1. The van der Waals surface area contributed by atoms with Gasteiger partial charge in [-0.05, 0) is 25.1 Å². The number of hydrogen-bond donors (Lipinski definition) is 2. The molecule has 0 bridgehead atoms. The van der Waals surface area contributed by atoms with Crippen LogP contribution in [0.25, 0.3) is 0 Å². The fourth-order valence-corrected chi connectivity index (χ4v) is 3.71. The van der Waals surface area contributed by atoms with Gasteiger partial charge in [0.1, 0.15) is 4.99 Å². The second-order valence-corrected chi connectivity index (χ2v) is 8.16. The monoisotopic (exact) mass is 409 g/mol. The first-order valence-corrected chi connectivity index (χ1v) is 10.4. The van der Waals surface area contributed by atoms with Crippen LogP contribution in [0.15, 0.2) is 88.9 Å². The van der Waals surface area contributed by atoms with Crippen molar-refractivity contribution >= 4 is 39.1 Å². The molecule has 0 amide bonds. The number of nitrogens with zero attached hydrogens (tertiary/aromatic N) is 1. The number of anilines is 1. The number of sulfonamides is 1. The van der Waals surface area contributed by atoms with Gasteiger partial charge in [-0.1, -0.05) is 78.4 Å². The van der Waals surface area contributed by atoms with Crippen LogP contribution in [0.5, 0.6) is 0 Å². The van der Waals surface area contributed by atoms with Gasteiger partial charge in [0.25, 0.3) is 10.0 Å². The van der Waals surface area contributed by atoms with E-state index in [1.807, 2.05) is 37.3 Å². The Labute approximate surface area is 170 Å². The Kier molecular flexibility index (Phi) is 6.18. The van der Waals surface area contributed by atoms with E-state index < -0.39 is 10.0 Å². The third-order valence-corrected chi connectivity index (χ3v) is 5.65. The normalized spacial score (nSPS) is 11.3. The molecule has 0 heterocycles. The highest BCUT2D eigenvalue weighted by molar-refractivity contribution is 7.92. The Morgan fingerprint density at radius 3 is 2.29 bits per heavy atom. The number of thiocarbonyl (C=S) groups is 1. The van der Waals surface area contributed by atoms with Gasteiger partial charge in [-0.2, -0.15) is 5.10 Å². The van der Waals surface area contributed by atoms with Crippen LogP contribution in [0.4, 0.5) is 5.69 Å². The first-order chi connectivity index (χ1) is 13.5. The minimum atomic E-state index is -3.69. The van der Waals surface area contributed by atoms with Crippen LogP contribution >= 0.6 is 12.2 Å². The highest BCUT2D eigenvalue weighted by atomic mass is 32.2.